The molecule has 20 heavy (non-hydrogen) atoms. The standard InChI is InChI=1S/C14H12N2O3S/c1-15-13(17)12-8-11(6-7-16-12)20-10-4-2-9(3-5-10)14(18)19/h2-8H,1H3,(H,15,17)(H,18,19). The van der Waals surface area contributed by atoms with Gasteiger partial charge in [0.15, 0.2) is 0 Å². The Kier molecular flexibility index (Phi) is 4.37. The van der Waals surface area contributed by atoms with E-state index in [9.17, 15) is 9.59 Å². The number of carbonyl (C=O) groups excluding carboxylic acids is 1. The van der Waals surface area contributed by atoms with E-state index in [1.165, 1.54) is 11.8 Å². The van der Waals surface area contributed by atoms with Gasteiger partial charge in [-0.25, -0.2) is 4.79 Å². The Bertz CT molecular complexity index is 641. The summed E-state index contributed by atoms with van der Waals surface area (Å²) in [6.45, 7) is 0. The molecule has 0 bridgehead atoms. The van der Waals surface area contributed by atoms with Gasteiger partial charge in [-0.1, -0.05) is 11.8 Å². The normalized spacial score (nSPS) is 10.1. The lowest BCUT2D eigenvalue weighted by atomic mass is 10.2. The van der Waals surface area contributed by atoms with Crippen LogP contribution in [0.3, 0.4) is 0 Å². The van der Waals surface area contributed by atoms with Crippen molar-refractivity contribution in [1.29, 1.82) is 0 Å². The second-order valence-corrected chi connectivity index (χ2v) is 5.03. The lowest BCUT2D eigenvalue weighted by Crippen LogP contribution is -2.18. The molecule has 0 spiro atoms. The number of nitrogens with zero attached hydrogens (tertiary/aromatic N) is 1. The van der Waals surface area contributed by atoms with Gasteiger partial charge in [-0.3, -0.25) is 9.78 Å². The van der Waals surface area contributed by atoms with Crippen LogP contribution in [0.4, 0.5) is 0 Å². The molecule has 102 valence electrons. The highest BCUT2D eigenvalue weighted by Crippen LogP contribution is 2.27. The summed E-state index contributed by atoms with van der Waals surface area (Å²) in [4.78, 5) is 28.0. The van der Waals surface area contributed by atoms with Gasteiger partial charge in [-0.2, -0.15) is 0 Å². The van der Waals surface area contributed by atoms with Crippen molar-refractivity contribution in [3.8, 4) is 0 Å². The predicted octanol–water partition coefficient (Wildman–Crippen LogP) is 2.29. The Morgan fingerprint density at radius 1 is 1.15 bits per heavy atom. The molecular formula is C14H12N2O3S. The van der Waals surface area contributed by atoms with E-state index < -0.39 is 5.97 Å². The summed E-state index contributed by atoms with van der Waals surface area (Å²) < 4.78 is 0. The summed E-state index contributed by atoms with van der Waals surface area (Å²) in [7, 11) is 1.55. The minimum absolute atomic E-state index is 0.242. The minimum atomic E-state index is -0.952. The van der Waals surface area contributed by atoms with Crippen molar-refractivity contribution in [2.75, 3.05) is 7.05 Å². The van der Waals surface area contributed by atoms with Gasteiger partial charge in [0.1, 0.15) is 5.69 Å². The number of aromatic carboxylic acids is 1. The molecule has 0 aliphatic rings. The van der Waals surface area contributed by atoms with Crippen LogP contribution in [0, 0.1) is 0 Å². The Morgan fingerprint density at radius 2 is 1.85 bits per heavy atom. The molecule has 0 fully saturated rings. The largest absolute Gasteiger partial charge is 0.478 e. The second kappa shape index (κ2) is 6.21. The van der Waals surface area contributed by atoms with Gasteiger partial charge in [0.25, 0.3) is 5.91 Å². The fourth-order valence-corrected chi connectivity index (χ4v) is 2.37. The van der Waals surface area contributed by atoms with Gasteiger partial charge in [0.2, 0.25) is 0 Å². The first-order chi connectivity index (χ1) is 9.60. The molecule has 1 aromatic carbocycles. The molecule has 1 amide bonds. The maximum absolute atomic E-state index is 11.5. The molecule has 0 aliphatic carbocycles. The van der Waals surface area contributed by atoms with E-state index in [0.29, 0.717) is 5.69 Å². The number of pyridine rings is 1. The number of hydrogen-bond donors (Lipinski definition) is 2. The quantitative estimate of drug-likeness (QED) is 0.902. The van der Waals surface area contributed by atoms with E-state index in [1.54, 1.807) is 49.6 Å². The Hall–Kier alpha value is -2.34. The van der Waals surface area contributed by atoms with Gasteiger partial charge in [0, 0.05) is 23.0 Å². The maximum atomic E-state index is 11.5. The molecule has 0 radical (unpaired) electrons. The van der Waals surface area contributed by atoms with Crippen LogP contribution >= 0.6 is 11.8 Å². The molecule has 0 saturated heterocycles. The van der Waals surface area contributed by atoms with Crippen molar-refractivity contribution in [1.82, 2.24) is 10.3 Å². The number of amides is 1. The fourth-order valence-electron chi connectivity index (χ4n) is 1.53. The summed E-state index contributed by atoms with van der Waals surface area (Å²) in [5, 5.41) is 11.3. The van der Waals surface area contributed by atoms with Crippen LogP contribution in [0.25, 0.3) is 0 Å². The number of hydrogen-bond acceptors (Lipinski definition) is 4. The van der Waals surface area contributed by atoms with Crippen LogP contribution in [-0.2, 0) is 0 Å². The second-order valence-electron chi connectivity index (χ2n) is 3.89. The fraction of sp³-hybridized carbons (Fsp3) is 0.0714. The summed E-state index contributed by atoms with van der Waals surface area (Å²) >= 11 is 1.44. The minimum Gasteiger partial charge on any atom is -0.478 e. The third-order valence-corrected chi connectivity index (χ3v) is 3.53. The van der Waals surface area contributed by atoms with E-state index in [2.05, 4.69) is 10.3 Å². The molecular weight excluding hydrogens is 276 g/mol. The number of aromatic nitrogens is 1. The average Bonchev–Trinajstić information content (AvgIpc) is 2.47. The molecule has 6 heteroatoms. The zero-order chi connectivity index (χ0) is 14.5. The third-order valence-electron chi connectivity index (χ3n) is 2.53. The van der Waals surface area contributed by atoms with Crippen molar-refractivity contribution in [3.63, 3.8) is 0 Å². The van der Waals surface area contributed by atoms with Gasteiger partial charge < -0.3 is 10.4 Å². The molecule has 0 aliphatic heterocycles. The van der Waals surface area contributed by atoms with Crippen LogP contribution in [0.5, 0.6) is 0 Å². The molecule has 5 nitrogen and oxygen atoms in total. The number of carboxylic acids is 1. The Labute approximate surface area is 120 Å². The van der Waals surface area contributed by atoms with Crippen molar-refractivity contribution in [2.45, 2.75) is 9.79 Å². The zero-order valence-electron chi connectivity index (χ0n) is 10.7. The number of nitrogens with one attached hydrogen (secondary N) is 1. The predicted molar refractivity (Wildman–Crippen MR) is 75.2 cm³/mol. The molecule has 2 aromatic rings. The maximum Gasteiger partial charge on any atom is 0.335 e. The van der Waals surface area contributed by atoms with Gasteiger partial charge in [-0.15, -0.1) is 0 Å². The van der Waals surface area contributed by atoms with Crippen molar-refractivity contribution < 1.29 is 14.7 Å². The number of benzene rings is 1. The lowest BCUT2D eigenvalue weighted by molar-refractivity contribution is 0.0696. The average molecular weight is 288 g/mol. The van der Waals surface area contributed by atoms with Crippen molar-refractivity contribution in [3.05, 3.63) is 53.9 Å². The Morgan fingerprint density at radius 3 is 2.45 bits per heavy atom. The van der Waals surface area contributed by atoms with Crippen LogP contribution in [-0.4, -0.2) is 29.0 Å². The van der Waals surface area contributed by atoms with Crippen molar-refractivity contribution >= 4 is 23.6 Å². The number of carboxylic acid groups (broad SMARTS) is 1. The van der Waals surface area contributed by atoms with Crippen LogP contribution in [0.2, 0.25) is 0 Å². The summed E-state index contributed by atoms with van der Waals surface area (Å²) in [6, 6.07) is 10.0. The molecule has 2 rings (SSSR count). The molecule has 1 heterocycles. The van der Waals surface area contributed by atoms with Crippen LogP contribution < -0.4 is 5.32 Å². The number of rotatable bonds is 4. The first-order valence-corrected chi connectivity index (χ1v) is 6.61. The third kappa shape index (κ3) is 3.36. The van der Waals surface area contributed by atoms with E-state index in [0.717, 1.165) is 9.79 Å². The molecule has 0 saturated carbocycles. The van der Waals surface area contributed by atoms with E-state index in [4.69, 9.17) is 5.11 Å². The van der Waals surface area contributed by atoms with E-state index >= 15 is 0 Å². The van der Waals surface area contributed by atoms with Crippen LogP contribution in [0.15, 0.2) is 52.4 Å². The van der Waals surface area contributed by atoms with Crippen molar-refractivity contribution in [2.24, 2.45) is 0 Å². The van der Waals surface area contributed by atoms with E-state index in [-0.39, 0.29) is 11.5 Å². The molecule has 0 atom stereocenters. The van der Waals surface area contributed by atoms with Gasteiger partial charge >= 0.3 is 5.97 Å². The molecule has 0 unspecified atom stereocenters. The highest BCUT2D eigenvalue weighted by Gasteiger charge is 2.07. The summed E-state index contributed by atoms with van der Waals surface area (Å²) in [6.07, 6.45) is 1.57. The topological polar surface area (TPSA) is 79.3 Å². The first-order valence-electron chi connectivity index (χ1n) is 5.79. The molecule has 1 aromatic heterocycles. The highest BCUT2D eigenvalue weighted by molar-refractivity contribution is 7.99. The van der Waals surface area contributed by atoms with Crippen LogP contribution in [0.1, 0.15) is 20.8 Å². The summed E-state index contributed by atoms with van der Waals surface area (Å²) in [5.41, 5.74) is 0.592. The number of carbonyl (C=O) groups is 2. The SMILES string of the molecule is CNC(=O)c1cc(Sc2ccc(C(=O)O)cc2)ccn1. The van der Waals surface area contributed by atoms with E-state index in [1.807, 2.05) is 0 Å². The Balaban J connectivity index is 2.17. The lowest BCUT2D eigenvalue weighted by Gasteiger charge is -2.04. The molecule has 2 N–H and O–H groups in total. The monoisotopic (exact) mass is 288 g/mol. The zero-order valence-corrected chi connectivity index (χ0v) is 11.5. The summed E-state index contributed by atoms with van der Waals surface area (Å²) in [5.74, 6) is -1.19. The van der Waals surface area contributed by atoms with Gasteiger partial charge in [0.05, 0.1) is 5.56 Å². The highest BCUT2D eigenvalue weighted by atomic mass is 32.2. The van der Waals surface area contributed by atoms with Gasteiger partial charge in [-0.05, 0) is 36.4 Å². The smallest absolute Gasteiger partial charge is 0.335 e. The first kappa shape index (κ1) is 14.1.